The lowest BCUT2D eigenvalue weighted by atomic mass is 9.90. The van der Waals surface area contributed by atoms with Gasteiger partial charge < -0.3 is 0 Å². The minimum absolute atomic E-state index is 0.402. The third-order valence-corrected chi connectivity index (χ3v) is 11.8. The van der Waals surface area contributed by atoms with Crippen LogP contribution < -0.4 is 0 Å². The lowest BCUT2D eigenvalue weighted by Crippen LogP contribution is -2.02. The molecule has 0 spiro atoms. The minimum Gasteiger partial charge on any atom is -0.264 e. The quantitative estimate of drug-likeness (QED) is 0.0986. The Bertz CT molecular complexity index is 3550. The number of pyridine rings is 5. The van der Waals surface area contributed by atoms with Gasteiger partial charge in [-0.3, -0.25) is 29.9 Å². The van der Waals surface area contributed by atoms with Crippen LogP contribution >= 0.6 is 0 Å². The van der Waals surface area contributed by atoms with Gasteiger partial charge in [0.25, 0.3) is 0 Å². The third-order valence-electron chi connectivity index (χ3n) is 11.8. The van der Waals surface area contributed by atoms with Gasteiger partial charge in [-0.1, -0.05) is 84.9 Å². The molecule has 9 heteroatoms. The summed E-state index contributed by atoms with van der Waals surface area (Å²) in [5.41, 5.74) is 12.9. The molecule has 316 valence electrons. The Hall–Kier alpha value is -9.21. The summed E-state index contributed by atoms with van der Waals surface area (Å²) >= 11 is 0. The lowest BCUT2D eigenvalue weighted by molar-refractivity contribution is 1.05. The maximum absolute atomic E-state index is 5.18. The van der Waals surface area contributed by atoms with Crippen LogP contribution in [0, 0.1) is 0 Å². The van der Waals surface area contributed by atoms with Crippen LogP contribution in [0.1, 0.15) is 12.5 Å². The molecule has 0 radical (unpaired) electrons. The minimum atomic E-state index is 0.402. The Morgan fingerprint density at radius 3 is 1.66 bits per heavy atom. The molecule has 6 aromatic heterocycles. The second-order valence-electron chi connectivity index (χ2n) is 15.9. The fourth-order valence-electron chi connectivity index (χ4n) is 8.55. The second-order valence-corrected chi connectivity index (χ2v) is 15.9. The molecule has 0 aliphatic carbocycles. The molecule has 0 N–H and O–H groups in total. The predicted molar refractivity (Wildman–Crippen MR) is 271 cm³/mol. The second kappa shape index (κ2) is 17.8. The Morgan fingerprint density at radius 2 is 1.01 bits per heavy atom. The number of nitrogens with zero attached hydrogens (tertiary/aromatic N) is 9. The Balaban J connectivity index is 1.13. The van der Waals surface area contributed by atoms with E-state index in [9.17, 15) is 0 Å². The molecule has 11 rings (SSSR count). The Labute approximate surface area is 387 Å². The highest BCUT2D eigenvalue weighted by molar-refractivity contribution is 6.14. The van der Waals surface area contributed by atoms with Crippen LogP contribution in [0.4, 0.5) is 5.69 Å². The van der Waals surface area contributed by atoms with Gasteiger partial charge in [0.1, 0.15) is 11.4 Å². The number of allylic oxidation sites excluding steroid dienone is 1. The maximum Gasteiger partial charge on any atom is 0.182 e. The van der Waals surface area contributed by atoms with Crippen molar-refractivity contribution in [2.24, 2.45) is 4.99 Å². The SMILES string of the molecule is C=Nc1cccc(-c2ccnc(-c3cc(-c4nc(-c5ccc(-c6ccccn6)cn5)nc(-c5ccc(-c6ccccn6)cn5)n4)cc(-c4cc5ccccc5c5ccccc45)c3)c2)c1/C=C\C. The molecule has 11 aromatic rings. The van der Waals surface area contributed by atoms with Crippen LogP contribution in [0.25, 0.3) is 118 Å². The highest BCUT2D eigenvalue weighted by Crippen LogP contribution is 2.40. The van der Waals surface area contributed by atoms with E-state index in [-0.39, 0.29) is 0 Å². The van der Waals surface area contributed by atoms with Gasteiger partial charge in [-0.2, -0.15) is 0 Å². The number of hydrogen-bond donors (Lipinski definition) is 0. The molecule has 0 aliphatic heterocycles. The number of rotatable bonds is 10. The average Bonchev–Trinajstić information content (AvgIpc) is 3.41. The largest absolute Gasteiger partial charge is 0.264 e. The zero-order valence-electron chi connectivity index (χ0n) is 36.4. The van der Waals surface area contributed by atoms with Gasteiger partial charge in [-0.15, -0.1) is 0 Å². The standard InChI is InChI=1S/C58H39N9/c1-3-13-48-45(18-12-21-52(48)59-2)38-26-29-62-55(34-38)42-30-41(49-33-37-14-4-5-15-44(37)46-16-6-7-17-47(46)49)31-43(32-42)56-65-57(53-24-22-39(35-63-53)50-19-8-10-27-60-50)67-58(66-56)54-25-23-40(36-64-54)51-20-9-11-28-61-51/h3-36H,2H2,1H3/b13-3-. The molecule has 0 saturated carbocycles. The molecule has 6 heterocycles. The smallest absolute Gasteiger partial charge is 0.182 e. The number of fused-ring (bicyclic) bond motifs is 3. The highest BCUT2D eigenvalue weighted by atomic mass is 15.1. The number of aliphatic imine (C=N–C) groups is 1. The first-order valence-corrected chi connectivity index (χ1v) is 21.9. The van der Waals surface area contributed by atoms with E-state index in [1.165, 1.54) is 10.8 Å². The summed E-state index contributed by atoms with van der Waals surface area (Å²) in [5, 5.41) is 4.62. The highest BCUT2D eigenvalue weighted by Gasteiger charge is 2.19. The summed E-state index contributed by atoms with van der Waals surface area (Å²) in [6, 6.07) is 55.5. The Morgan fingerprint density at radius 1 is 0.403 bits per heavy atom. The summed E-state index contributed by atoms with van der Waals surface area (Å²) < 4.78 is 0. The molecular formula is C58H39N9. The van der Waals surface area contributed by atoms with Gasteiger partial charge in [0.2, 0.25) is 0 Å². The molecule has 0 atom stereocenters. The fraction of sp³-hybridized carbons (Fsp3) is 0.0172. The molecule has 0 bridgehead atoms. The fourth-order valence-corrected chi connectivity index (χ4v) is 8.55. The van der Waals surface area contributed by atoms with E-state index in [0.29, 0.717) is 28.9 Å². The van der Waals surface area contributed by atoms with Crippen molar-refractivity contribution in [1.29, 1.82) is 0 Å². The van der Waals surface area contributed by atoms with E-state index in [1.807, 2.05) is 98.1 Å². The first-order chi connectivity index (χ1) is 33.1. The van der Waals surface area contributed by atoms with Crippen molar-refractivity contribution in [1.82, 2.24) is 39.9 Å². The van der Waals surface area contributed by atoms with Crippen molar-refractivity contribution in [3.05, 3.63) is 206 Å². The molecule has 5 aromatic carbocycles. The van der Waals surface area contributed by atoms with Crippen LogP contribution in [0.2, 0.25) is 0 Å². The van der Waals surface area contributed by atoms with E-state index >= 15 is 0 Å². The molecule has 0 fully saturated rings. The van der Waals surface area contributed by atoms with Gasteiger partial charge in [-0.25, -0.2) is 15.0 Å². The summed E-state index contributed by atoms with van der Waals surface area (Å²) in [4.78, 5) is 43.5. The van der Waals surface area contributed by atoms with Gasteiger partial charge in [0.05, 0.1) is 22.8 Å². The van der Waals surface area contributed by atoms with Crippen molar-refractivity contribution in [2.75, 3.05) is 0 Å². The van der Waals surface area contributed by atoms with E-state index in [1.54, 1.807) is 24.8 Å². The Kier molecular flexibility index (Phi) is 10.7. The van der Waals surface area contributed by atoms with Gasteiger partial charge in [0, 0.05) is 58.8 Å². The normalized spacial score (nSPS) is 11.4. The van der Waals surface area contributed by atoms with Gasteiger partial charge in [-0.05, 0) is 148 Å². The van der Waals surface area contributed by atoms with E-state index in [2.05, 4.69) is 113 Å². The van der Waals surface area contributed by atoms with E-state index in [4.69, 9.17) is 29.9 Å². The molecule has 0 aliphatic rings. The molecule has 0 amide bonds. The van der Waals surface area contributed by atoms with Crippen molar-refractivity contribution in [3.8, 4) is 90.5 Å². The van der Waals surface area contributed by atoms with E-state index in [0.717, 1.165) is 83.6 Å². The monoisotopic (exact) mass is 861 g/mol. The van der Waals surface area contributed by atoms with Gasteiger partial charge in [0.15, 0.2) is 17.5 Å². The third kappa shape index (κ3) is 8.02. The summed E-state index contributed by atoms with van der Waals surface area (Å²) in [5.74, 6) is 1.26. The lowest BCUT2D eigenvalue weighted by Gasteiger charge is -2.15. The first-order valence-electron chi connectivity index (χ1n) is 21.9. The summed E-state index contributed by atoms with van der Waals surface area (Å²) in [7, 11) is 0. The molecule has 0 saturated heterocycles. The first kappa shape index (κ1) is 40.6. The molecule has 67 heavy (non-hydrogen) atoms. The van der Waals surface area contributed by atoms with Crippen molar-refractivity contribution in [2.45, 2.75) is 6.92 Å². The predicted octanol–water partition coefficient (Wildman–Crippen LogP) is 13.9. The zero-order valence-corrected chi connectivity index (χ0v) is 36.4. The average molecular weight is 862 g/mol. The van der Waals surface area contributed by atoms with Crippen LogP contribution in [0.15, 0.2) is 206 Å². The number of hydrogen-bond acceptors (Lipinski definition) is 9. The number of benzene rings is 5. The van der Waals surface area contributed by atoms with Crippen molar-refractivity contribution in [3.63, 3.8) is 0 Å². The molecular weight excluding hydrogens is 823 g/mol. The summed E-state index contributed by atoms with van der Waals surface area (Å²) in [6.45, 7) is 5.85. The molecule has 0 unspecified atom stereocenters. The van der Waals surface area contributed by atoms with Crippen LogP contribution in [0.3, 0.4) is 0 Å². The number of aromatic nitrogens is 8. The van der Waals surface area contributed by atoms with E-state index < -0.39 is 0 Å². The van der Waals surface area contributed by atoms with Crippen LogP contribution in [-0.2, 0) is 0 Å². The summed E-state index contributed by atoms with van der Waals surface area (Å²) in [6.07, 6.45) is 13.1. The van der Waals surface area contributed by atoms with Gasteiger partial charge >= 0.3 is 0 Å². The zero-order chi connectivity index (χ0) is 45.1. The van der Waals surface area contributed by atoms with Crippen molar-refractivity contribution >= 4 is 40.0 Å². The maximum atomic E-state index is 5.18. The van der Waals surface area contributed by atoms with Crippen LogP contribution in [0.5, 0.6) is 0 Å². The van der Waals surface area contributed by atoms with Crippen molar-refractivity contribution < 1.29 is 0 Å². The topological polar surface area (TPSA) is 115 Å². The molecule has 9 nitrogen and oxygen atoms in total. The van der Waals surface area contributed by atoms with Crippen LogP contribution in [-0.4, -0.2) is 46.6 Å².